The summed E-state index contributed by atoms with van der Waals surface area (Å²) in [5.41, 5.74) is 3.31. The van der Waals surface area contributed by atoms with Crippen molar-refractivity contribution in [3.05, 3.63) is 66.1 Å². The van der Waals surface area contributed by atoms with Crippen LogP contribution in [0.2, 0.25) is 0 Å². The number of fused-ring (bicyclic) bond motifs is 1. The van der Waals surface area contributed by atoms with Crippen molar-refractivity contribution in [1.29, 1.82) is 0 Å². The molecule has 0 spiro atoms. The minimum absolute atomic E-state index is 0.0547. The maximum absolute atomic E-state index is 12.2. The van der Waals surface area contributed by atoms with Crippen molar-refractivity contribution in [2.45, 2.75) is 39.3 Å². The van der Waals surface area contributed by atoms with E-state index >= 15 is 0 Å². The Kier molecular flexibility index (Phi) is 4.94. The van der Waals surface area contributed by atoms with Crippen LogP contribution >= 0.6 is 0 Å². The summed E-state index contributed by atoms with van der Waals surface area (Å²) >= 11 is 0. The Morgan fingerprint density at radius 1 is 1.25 bits per heavy atom. The third kappa shape index (κ3) is 3.65. The summed E-state index contributed by atoms with van der Waals surface area (Å²) in [5.74, 6) is 0.0547. The Hall–Kier alpha value is -2.62. The van der Waals surface area contributed by atoms with Crippen molar-refractivity contribution in [1.82, 2.24) is 14.9 Å². The van der Waals surface area contributed by atoms with E-state index in [4.69, 9.17) is 0 Å². The molecular formula is C20H23N3O. The van der Waals surface area contributed by atoms with E-state index in [9.17, 15) is 4.79 Å². The van der Waals surface area contributed by atoms with Crippen molar-refractivity contribution in [3.63, 3.8) is 0 Å². The van der Waals surface area contributed by atoms with E-state index in [1.165, 1.54) is 16.5 Å². The average molecular weight is 321 g/mol. The van der Waals surface area contributed by atoms with Crippen LogP contribution in [-0.4, -0.2) is 15.5 Å². The molecule has 4 heteroatoms. The third-order valence-electron chi connectivity index (χ3n) is 4.33. The molecule has 2 aromatic heterocycles. The normalized spacial score (nSPS) is 12.2. The first-order valence-corrected chi connectivity index (χ1v) is 8.45. The number of carbonyl (C=O) groups excluding carboxylic acids is 1. The second-order valence-corrected chi connectivity index (χ2v) is 6.04. The number of rotatable bonds is 6. The molecule has 3 rings (SSSR count). The lowest BCUT2D eigenvalue weighted by Gasteiger charge is -2.13. The average Bonchev–Trinajstić information content (AvgIpc) is 3.03. The highest BCUT2D eigenvalue weighted by Crippen LogP contribution is 2.18. The highest BCUT2D eigenvalue weighted by molar-refractivity contribution is 5.81. The van der Waals surface area contributed by atoms with Crippen LogP contribution in [0.4, 0.5) is 0 Å². The zero-order valence-electron chi connectivity index (χ0n) is 14.2. The van der Waals surface area contributed by atoms with Crippen LogP contribution in [-0.2, 0) is 17.8 Å². The van der Waals surface area contributed by atoms with Gasteiger partial charge in [-0.3, -0.25) is 9.78 Å². The number of amides is 1. The fourth-order valence-corrected chi connectivity index (χ4v) is 2.94. The van der Waals surface area contributed by atoms with Crippen molar-refractivity contribution < 1.29 is 4.79 Å². The summed E-state index contributed by atoms with van der Waals surface area (Å²) in [7, 11) is 0. The van der Waals surface area contributed by atoms with E-state index < -0.39 is 0 Å². The highest BCUT2D eigenvalue weighted by Gasteiger charge is 2.10. The molecule has 0 aliphatic rings. The summed E-state index contributed by atoms with van der Waals surface area (Å²) in [6.07, 6.45) is 5.08. The molecule has 0 radical (unpaired) electrons. The Labute approximate surface area is 142 Å². The Morgan fingerprint density at radius 3 is 2.88 bits per heavy atom. The smallest absolute Gasteiger partial charge is 0.220 e. The minimum atomic E-state index is -0.0708. The molecule has 1 aromatic carbocycles. The molecule has 0 aliphatic carbocycles. The maximum Gasteiger partial charge on any atom is 0.220 e. The van der Waals surface area contributed by atoms with E-state index in [2.05, 4.69) is 52.3 Å². The van der Waals surface area contributed by atoms with Gasteiger partial charge in [-0.05, 0) is 55.5 Å². The summed E-state index contributed by atoms with van der Waals surface area (Å²) < 4.78 is 2.22. The molecule has 0 fully saturated rings. The molecule has 0 aliphatic heterocycles. The maximum atomic E-state index is 12.2. The number of hydrogen-bond acceptors (Lipinski definition) is 2. The highest BCUT2D eigenvalue weighted by atomic mass is 16.1. The number of hydrogen-bond donors (Lipinski definition) is 1. The van der Waals surface area contributed by atoms with Crippen LogP contribution in [0.3, 0.4) is 0 Å². The topological polar surface area (TPSA) is 46.9 Å². The van der Waals surface area contributed by atoms with Gasteiger partial charge in [0.2, 0.25) is 5.91 Å². The number of nitrogens with one attached hydrogen (secondary N) is 1. The summed E-state index contributed by atoms with van der Waals surface area (Å²) in [4.78, 5) is 16.5. The molecule has 3 aromatic rings. The van der Waals surface area contributed by atoms with Crippen molar-refractivity contribution in [2.75, 3.05) is 0 Å². The van der Waals surface area contributed by atoms with Gasteiger partial charge in [-0.25, -0.2) is 0 Å². The molecule has 0 bridgehead atoms. The molecule has 1 atom stereocenters. The van der Waals surface area contributed by atoms with E-state index in [1.807, 2.05) is 25.1 Å². The van der Waals surface area contributed by atoms with Crippen LogP contribution in [0.25, 0.3) is 10.9 Å². The molecule has 24 heavy (non-hydrogen) atoms. The van der Waals surface area contributed by atoms with Crippen LogP contribution in [0.15, 0.2) is 54.9 Å². The van der Waals surface area contributed by atoms with Gasteiger partial charge in [0.05, 0.1) is 11.7 Å². The molecule has 4 nitrogen and oxygen atoms in total. The summed E-state index contributed by atoms with van der Waals surface area (Å²) in [5, 5.41) is 4.26. The van der Waals surface area contributed by atoms with Crippen LogP contribution in [0, 0.1) is 0 Å². The fraction of sp³-hybridized carbons (Fsp3) is 0.300. The molecule has 1 amide bonds. The first-order valence-electron chi connectivity index (χ1n) is 8.45. The van der Waals surface area contributed by atoms with Crippen LogP contribution in [0.1, 0.15) is 37.6 Å². The van der Waals surface area contributed by atoms with Gasteiger partial charge in [0.1, 0.15) is 0 Å². The Morgan fingerprint density at radius 2 is 2.12 bits per heavy atom. The number of pyridine rings is 1. The van der Waals surface area contributed by atoms with Gasteiger partial charge < -0.3 is 9.88 Å². The van der Waals surface area contributed by atoms with Gasteiger partial charge >= 0.3 is 0 Å². The van der Waals surface area contributed by atoms with Crippen molar-refractivity contribution in [2.24, 2.45) is 0 Å². The summed E-state index contributed by atoms with van der Waals surface area (Å²) in [6.45, 7) is 5.05. The van der Waals surface area contributed by atoms with Gasteiger partial charge in [-0.15, -0.1) is 0 Å². The molecule has 0 saturated carbocycles. The van der Waals surface area contributed by atoms with Crippen LogP contribution < -0.4 is 5.32 Å². The lowest BCUT2D eigenvalue weighted by molar-refractivity contribution is -0.121. The lowest BCUT2D eigenvalue weighted by atomic mass is 10.1. The zero-order chi connectivity index (χ0) is 16.9. The first-order chi connectivity index (χ1) is 11.7. The monoisotopic (exact) mass is 321 g/mol. The number of benzene rings is 1. The van der Waals surface area contributed by atoms with E-state index in [0.717, 1.165) is 18.7 Å². The van der Waals surface area contributed by atoms with Gasteiger partial charge in [0.25, 0.3) is 0 Å². The van der Waals surface area contributed by atoms with E-state index in [-0.39, 0.29) is 11.9 Å². The number of aromatic nitrogens is 2. The first kappa shape index (κ1) is 16.2. The minimum Gasteiger partial charge on any atom is -0.348 e. The number of aryl methyl sites for hydroxylation is 2. The molecule has 124 valence electrons. The van der Waals surface area contributed by atoms with Gasteiger partial charge in [0.15, 0.2) is 0 Å². The summed E-state index contributed by atoms with van der Waals surface area (Å²) in [6, 6.07) is 14.2. The van der Waals surface area contributed by atoms with Crippen molar-refractivity contribution >= 4 is 16.8 Å². The van der Waals surface area contributed by atoms with Crippen molar-refractivity contribution in [3.8, 4) is 0 Å². The predicted octanol–water partition coefficient (Wildman–Crippen LogP) is 3.87. The standard InChI is InChI=1S/C20H23N3O/c1-3-23-13-11-17-9-7-16(14-19(17)23)8-10-20(24)22-15(2)18-6-4-5-12-21-18/h4-7,9,11-15H,3,8,10H2,1-2H3,(H,22,24)/t15-/m0/s1. The van der Waals surface area contributed by atoms with Crippen LogP contribution in [0.5, 0.6) is 0 Å². The second kappa shape index (κ2) is 7.30. The quantitative estimate of drug-likeness (QED) is 0.749. The lowest BCUT2D eigenvalue weighted by Crippen LogP contribution is -2.27. The largest absolute Gasteiger partial charge is 0.348 e. The Balaban J connectivity index is 1.60. The van der Waals surface area contributed by atoms with Gasteiger partial charge in [0, 0.05) is 30.9 Å². The molecular weight excluding hydrogens is 298 g/mol. The molecule has 0 saturated heterocycles. The van der Waals surface area contributed by atoms with Gasteiger partial charge in [-0.1, -0.05) is 18.2 Å². The molecule has 2 heterocycles. The van der Waals surface area contributed by atoms with E-state index in [0.29, 0.717) is 6.42 Å². The predicted molar refractivity (Wildman–Crippen MR) is 96.7 cm³/mol. The molecule has 1 N–H and O–H groups in total. The number of carbonyl (C=O) groups is 1. The zero-order valence-corrected chi connectivity index (χ0v) is 14.2. The second-order valence-electron chi connectivity index (χ2n) is 6.04. The third-order valence-corrected chi connectivity index (χ3v) is 4.33. The fourth-order valence-electron chi connectivity index (χ4n) is 2.94. The number of nitrogens with zero attached hydrogens (tertiary/aromatic N) is 2. The SMILES string of the molecule is CCn1ccc2ccc(CCC(=O)N[C@@H](C)c3ccccn3)cc21. The molecule has 0 unspecified atom stereocenters. The Bertz CT molecular complexity index is 823. The van der Waals surface area contributed by atoms with Gasteiger partial charge in [-0.2, -0.15) is 0 Å². The van der Waals surface area contributed by atoms with E-state index in [1.54, 1.807) is 6.20 Å².